The van der Waals surface area contributed by atoms with Gasteiger partial charge in [0, 0.05) is 16.5 Å². The largest absolute Gasteiger partial charge is 0.506 e. The highest BCUT2D eigenvalue weighted by Crippen LogP contribution is 2.31. The Bertz CT molecular complexity index is 818. The summed E-state index contributed by atoms with van der Waals surface area (Å²) in [7, 11) is 0. The first-order chi connectivity index (χ1) is 11.5. The standard InChI is InChI=1S/C17H16Cl2N4O/c1-10-9-23(17(20)21-12-7-5-11(18)6-8-12)22-15(10)13-3-2-4-14(19)16(13)24/h2-8,10,24H,9H2,1H3,(H2,20,21). The van der Waals surface area contributed by atoms with Gasteiger partial charge in [0.15, 0.2) is 0 Å². The molecule has 0 saturated carbocycles. The number of guanidine groups is 1. The van der Waals surface area contributed by atoms with Crippen LogP contribution in [0.15, 0.2) is 52.6 Å². The Labute approximate surface area is 150 Å². The van der Waals surface area contributed by atoms with Crippen molar-refractivity contribution in [2.45, 2.75) is 6.92 Å². The van der Waals surface area contributed by atoms with Crippen molar-refractivity contribution in [2.24, 2.45) is 21.7 Å². The highest BCUT2D eigenvalue weighted by molar-refractivity contribution is 6.32. The van der Waals surface area contributed by atoms with E-state index in [9.17, 15) is 5.11 Å². The van der Waals surface area contributed by atoms with Crippen molar-refractivity contribution >= 4 is 40.6 Å². The van der Waals surface area contributed by atoms with Gasteiger partial charge in [0.05, 0.1) is 23.0 Å². The van der Waals surface area contributed by atoms with Crippen LogP contribution in [0, 0.1) is 5.92 Å². The van der Waals surface area contributed by atoms with E-state index in [1.165, 1.54) is 0 Å². The van der Waals surface area contributed by atoms with Gasteiger partial charge in [-0.25, -0.2) is 10.0 Å². The Morgan fingerprint density at radius 1 is 1.25 bits per heavy atom. The third kappa shape index (κ3) is 3.32. The lowest BCUT2D eigenvalue weighted by Crippen LogP contribution is -2.32. The van der Waals surface area contributed by atoms with Gasteiger partial charge >= 0.3 is 0 Å². The summed E-state index contributed by atoms with van der Waals surface area (Å²) < 4.78 is 0. The molecule has 124 valence electrons. The summed E-state index contributed by atoms with van der Waals surface area (Å²) in [6, 6.07) is 12.3. The van der Waals surface area contributed by atoms with E-state index in [1.807, 2.05) is 6.92 Å². The predicted octanol–water partition coefficient (Wildman–Crippen LogP) is 4.00. The predicted molar refractivity (Wildman–Crippen MR) is 98.3 cm³/mol. The number of nitrogens with two attached hydrogens (primary N) is 1. The van der Waals surface area contributed by atoms with Gasteiger partial charge in [-0.3, -0.25) is 0 Å². The van der Waals surface area contributed by atoms with Gasteiger partial charge in [-0.05, 0) is 36.4 Å². The van der Waals surface area contributed by atoms with Gasteiger partial charge in [-0.1, -0.05) is 36.2 Å². The Hall–Kier alpha value is -2.24. The lowest BCUT2D eigenvalue weighted by atomic mass is 9.99. The summed E-state index contributed by atoms with van der Waals surface area (Å²) in [4.78, 5) is 4.35. The maximum absolute atomic E-state index is 10.2. The smallest absolute Gasteiger partial charge is 0.217 e. The van der Waals surface area contributed by atoms with Crippen LogP contribution in [0.4, 0.5) is 5.69 Å². The number of para-hydroxylation sites is 1. The molecule has 1 atom stereocenters. The third-order valence-corrected chi connectivity index (χ3v) is 4.30. The molecule has 1 unspecified atom stereocenters. The summed E-state index contributed by atoms with van der Waals surface area (Å²) in [5.74, 6) is 0.383. The SMILES string of the molecule is CC1CN(C(N)=Nc2ccc(Cl)cc2)N=C1c1cccc(Cl)c1O. The second kappa shape index (κ2) is 6.71. The van der Waals surface area contributed by atoms with Crippen molar-refractivity contribution in [3.05, 3.63) is 58.1 Å². The van der Waals surface area contributed by atoms with Gasteiger partial charge in [-0.15, -0.1) is 0 Å². The number of hydrogen-bond donors (Lipinski definition) is 2. The summed E-state index contributed by atoms with van der Waals surface area (Å²) in [5.41, 5.74) is 8.09. The molecule has 1 aliphatic heterocycles. The fourth-order valence-electron chi connectivity index (χ4n) is 2.51. The lowest BCUT2D eigenvalue weighted by molar-refractivity contribution is 0.451. The summed E-state index contributed by atoms with van der Waals surface area (Å²) in [5, 5.41) is 17.2. The number of phenolic OH excluding ortho intramolecular Hbond substituents is 1. The molecule has 0 aliphatic carbocycles. The molecule has 0 saturated heterocycles. The summed E-state index contributed by atoms with van der Waals surface area (Å²) >= 11 is 11.8. The molecule has 0 spiro atoms. The van der Waals surface area contributed by atoms with Gasteiger partial charge in [0.2, 0.25) is 5.96 Å². The molecule has 1 heterocycles. The minimum absolute atomic E-state index is 0.0276. The van der Waals surface area contributed by atoms with Crippen LogP contribution < -0.4 is 5.73 Å². The number of aliphatic imine (C=N–C) groups is 1. The number of halogens is 2. The summed E-state index contributed by atoms with van der Waals surface area (Å²) in [6.07, 6.45) is 0. The number of hydrogen-bond acceptors (Lipinski definition) is 3. The second-order valence-corrected chi connectivity index (χ2v) is 6.39. The molecule has 5 nitrogen and oxygen atoms in total. The van der Waals surface area contributed by atoms with Gasteiger partial charge < -0.3 is 10.8 Å². The molecule has 0 radical (unpaired) electrons. The first kappa shape index (κ1) is 16.6. The number of nitrogens with zero attached hydrogens (tertiary/aromatic N) is 3. The van der Waals surface area contributed by atoms with Gasteiger partial charge in [0.1, 0.15) is 5.75 Å². The van der Waals surface area contributed by atoms with E-state index in [1.54, 1.807) is 47.5 Å². The Morgan fingerprint density at radius 2 is 1.96 bits per heavy atom. The van der Waals surface area contributed by atoms with Crippen molar-refractivity contribution in [3.63, 3.8) is 0 Å². The molecule has 3 rings (SSSR count). The maximum Gasteiger partial charge on any atom is 0.217 e. The van der Waals surface area contributed by atoms with Crippen molar-refractivity contribution in [1.82, 2.24) is 5.01 Å². The number of rotatable bonds is 2. The molecular formula is C17H16Cl2N4O. The van der Waals surface area contributed by atoms with Crippen LogP contribution in [0.25, 0.3) is 0 Å². The molecule has 0 amide bonds. The fraction of sp³-hybridized carbons (Fsp3) is 0.176. The Balaban J connectivity index is 1.89. The average molecular weight is 363 g/mol. The molecule has 2 aromatic rings. The van der Waals surface area contributed by atoms with Crippen LogP contribution in [-0.4, -0.2) is 28.3 Å². The van der Waals surface area contributed by atoms with Gasteiger partial charge in [-0.2, -0.15) is 5.10 Å². The minimum atomic E-state index is 0.0276. The highest BCUT2D eigenvalue weighted by atomic mass is 35.5. The van der Waals surface area contributed by atoms with Crippen LogP contribution >= 0.6 is 23.2 Å². The molecule has 0 bridgehead atoms. The Morgan fingerprint density at radius 3 is 2.67 bits per heavy atom. The maximum atomic E-state index is 10.2. The zero-order valence-corrected chi connectivity index (χ0v) is 14.5. The fourth-order valence-corrected chi connectivity index (χ4v) is 2.81. The number of phenols is 1. The van der Waals surface area contributed by atoms with Gasteiger partial charge in [0.25, 0.3) is 0 Å². The van der Waals surface area contributed by atoms with E-state index in [4.69, 9.17) is 28.9 Å². The molecule has 7 heteroatoms. The molecular weight excluding hydrogens is 347 g/mol. The highest BCUT2D eigenvalue weighted by Gasteiger charge is 2.28. The van der Waals surface area contributed by atoms with Crippen LogP contribution in [0.5, 0.6) is 5.75 Å². The van der Waals surface area contributed by atoms with E-state index in [2.05, 4.69) is 10.1 Å². The molecule has 0 aromatic heterocycles. The topological polar surface area (TPSA) is 74.2 Å². The van der Waals surface area contributed by atoms with Crippen LogP contribution in [0.3, 0.4) is 0 Å². The van der Waals surface area contributed by atoms with E-state index >= 15 is 0 Å². The number of benzene rings is 2. The first-order valence-electron chi connectivity index (χ1n) is 7.39. The second-order valence-electron chi connectivity index (χ2n) is 5.55. The number of hydrazone groups is 1. The van der Waals surface area contributed by atoms with Crippen molar-refractivity contribution in [3.8, 4) is 5.75 Å². The lowest BCUT2D eigenvalue weighted by Gasteiger charge is -2.12. The normalized spacial score (nSPS) is 18.0. The van der Waals surface area contributed by atoms with Crippen LogP contribution in [0.1, 0.15) is 12.5 Å². The molecule has 2 aromatic carbocycles. The zero-order chi connectivity index (χ0) is 17.3. The Kier molecular flexibility index (Phi) is 4.64. The number of aromatic hydroxyl groups is 1. The molecule has 0 fully saturated rings. The molecule has 1 aliphatic rings. The monoisotopic (exact) mass is 362 g/mol. The third-order valence-electron chi connectivity index (χ3n) is 3.74. The van der Waals surface area contributed by atoms with E-state index < -0.39 is 0 Å². The van der Waals surface area contributed by atoms with E-state index in [0.717, 1.165) is 5.71 Å². The van der Waals surface area contributed by atoms with E-state index in [-0.39, 0.29) is 17.6 Å². The first-order valence-corrected chi connectivity index (χ1v) is 8.15. The van der Waals surface area contributed by atoms with E-state index in [0.29, 0.717) is 27.8 Å². The zero-order valence-electron chi connectivity index (χ0n) is 12.9. The van der Waals surface area contributed by atoms with Crippen LogP contribution in [-0.2, 0) is 0 Å². The summed E-state index contributed by atoms with van der Waals surface area (Å²) in [6.45, 7) is 2.58. The van der Waals surface area contributed by atoms with Crippen LogP contribution in [0.2, 0.25) is 10.0 Å². The minimum Gasteiger partial charge on any atom is -0.506 e. The quantitative estimate of drug-likeness (QED) is 0.626. The molecule has 3 N–H and O–H groups in total. The van der Waals surface area contributed by atoms with Crippen molar-refractivity contribution < 1.29 is 5.11 Å². The van der Waals surface area contributed by atoms with Crippen molar-refractivity contribution in [2.75, 3.05) is 6.54 Å². The average Bonchev–Trinajstić information content (AvgIpc) is 2.94. The molecule has 24 heavy (non-hydrogen) atoms. The van der Waals surface area contributed by atoms with Crippen molar-refractivity contribution in [1.29, 1.82) is 0 Å².